The van der Waals surface area contributed by atoms with E-state index in [1.54, 1.807) is 29.2 Å². The molecule has 6 rings (SSSR count). The van der Waals surface area contributed by atoms with E-state index >= 15 is 0 Å². The predicted octanol–water partition coefficient (Wildman–Crippen LogP) is 6.56. The number of aromatic nitrogens is 1. The lowest BCUT2D eigenvalue weighted by molar-refractivity contribution is 0.0137. The summed E-state index contributed by atoms with van der Waals surface area (Å²) in [6.45, 7) is 7.71. The van der Waals surface area contributed by atoms with Gasteiger partial charge in [0, 0.05) is 49.9 Å². The molecule has 1 amide bonds. The maximum Gasteiger partial charge on any atom is 0.410 e. The number of ketones is 1. The summed E-state index contributed by atoms with van der Waals surface area (Å²) in [5, 5.41) is 11.4. The summed E-state index contributed by atoms with van der Waals surface area (Å²) < 4.78 is 40.2. The highest BCUT2D eigenvalue weighted by Gasteiger charge is 2.34. The zero-order valence-electron chi connectivity index (χ0n) is 25.3. The molecule has 2 aliphatic heterocycles. The van der Waals surface area contributed by atoms with Crippen LogP contribution in [0.25, 0.3) is 17.0 Å². The predicted molar refractivity (Wildman–Crippen MR) is 175 cm³/mol. The molecule has 1 aromatic heterocycles. The van der Waals surface area contributed by atoms with Crippen LogP contribution in [-0.4, -0.2) is 71.0 Å². The number of aromatic hydroxyl groups is 1. The Morgan fingerprint density at radius 2 is 1.74 bits per heavy atom. The number of phenols is 1. The number of para-hydroxylation sites is 1. The Hall–Kier alpha value is -4.03. The van der Waals surface area contributed by atoms with E-state index in [1.165, 1.54) is 42.6 Å². The molecule has 1 fully saturated rings. The number of phenolic OH excluding ortho intramolecular Hbond substituents is 1. The van der Waals surface area contributed by atoms with E-state index in [-0.39, 0.29) is 50.4 Å². The van der Waals surface area contributed by atoms with Gasteiger partial charge < -0.3 is 19.5 Å². The average molecular weight is 685 g/mol. The number of halogens is 2. The standard InChI is InChI=1S/C33H31Cl2N3O7S/c1-33(2,3)45-32(41)37-15-13-36(14-16-37)19-23-26(39)12-11-22-30(40)27(44-31(22)23)17-20-18-38(25-9-5-4-7-21(20)25)46(42,43)28-10-6-8-24(34)29(28)35/h4-12,17-18,39H,13-16,19H2,1-3H3. The van der Waals surface area contributed by atoms with E-state index < -0.39 is 21.4 Å². The molecule has 4 aromatic rings. The molecule has 0 spiro atoms. The van der Waals surface area contributed by atoms with Crippen LogP contribution in [0.2, 0.25) is 10.0 Å². The van der Waals surface area contributed by atoms with E-state index in [2.05, 4.69) is 4.90 Å². The van der Waals surface area contributed by atoms with Gasteiger partial charge in [-0.25, -0.2) is 17.2 Å². The van der Waals surface area contributed by atoms with Gasteiger partial charge in [-0.2, -0.15) is 0 Å². The fraction of sp³-hybridized carbons (Fsp3) is 0.273. The summed E-state index contributed by atoms with van der Waals surface area (Å²) in [7, 11) is -4.17. The van der Waals surface area contributed by atoms with Crippen molar-refractivity contribution in [3.05, 3.63) is 93.3 Å². The lowest BCUT2D eigenvalue weighted by atomic mass is 10.0. The molecule has 0 aliphatic carbocycles. The minimum atomic E-state index is -4.17. The van der Waals surface area contributed by atoms with Crippen LogP contribution in [0.4, 0.5) is 4.79 Å². The number of Topliss-reactive ketones (excluding diaryl/α,β-unsaturated/α-hetero) is 1. The van der Waals surface area contributed by atoms with Gasteiger partial charge in [-0.05, 0) is 57.2 Å². The van der Waals surface area contributed by atoms with Crippen molar-refractivity contribution in [3.63, 3.8) is 0 Å². The Bertz CT molecular complexity index is 2020. The number of allylic oxidation sites excluding steroid dienone is 1. The summed E-state index contributed by atoms with van der Waals surface area (Å²) in [5.74, 6) is -0.197. The Morgan fingerprint density at radius 3 is 2.46 bits per heavy atom. The number of carbonyl (C=O) groups is 2. The minimum absolute atomic E-state index is 0.0160. The summed E-state index contributed by atoms with van der Waals surface area (Å²) in [4.78, 5) is 29.6. The quantitative estimate of drug-likeness (QED) is 0.235. The number of piperazine rings is 1. The van der Waals surface area contributed by atoms with E-state index in [0.29, 0.717) is 48.2 Å². The van der Waals surface area contributed by atoms with Gasteiger partial charge >= 0.3 is 6.09 Å². The molecule has 0 bridgehead atoms. The summed E-state index contributed by atoms with van der Waals surface area (Å²) in [6, 6.07) is 14.2. The number of carbonyl (C=O) groups excluding carboxylic acids is 2. The van der Waals surface area contributed by atoms with Crippen molar-refractivity contribution >= 4 is 62.1 Å². The zero-order chi connectivity index (χ0) is 33.0. The van der Waals surface area contributed by atoms with E-state index in [1.807, 2.05) is 20.8 Å². The molecular formula is C33H31Cl2N3O7S. The molecular weight excluding hydrogens is 653 g/mol. The molecule has 0 atom stereocenters. The van der Waals surface area contributed by atoms with Gasteiger partial charge in [-0.1, -0.05) is 47.5 Å². The van der Waals surface area contributed by atoms with Crippen LogP contribution in [-0.2, 0) is 21.3 Å². The number of rotatable bonds is 5. The van der Waals surface area contributed by atoms with Crippen molar-refractivity contribution in [2.75, 3.05) is 26.2 Å². The third-order valence-electron chi connectivity index (χ3n) is 7.77. The van der Waals surface area contributed by atoms with Crippen molar-refractivity contribution in [2.45, 2.75) is 37.8 Å². The Kier molecular flexibility index (Phi) is 8.30. The number of nitrogens with zero attached hydrogens (tertiary/aromatic N) is 3. The molecule has 1 saturated heterocycles. The van der Waals surface area contributed by atoms with Gasteiger partial charge in [-0.15, -0.1) is 0 Å². The van der Waals surface area contributed by atoms with Gasteiger partial charge in [0.1, 0.15) is 22.0 Å². The maximum atomic E-state index is 13.7. The SMILES string of the molecule is CC(C)(C)OC(=O)N1CCN(Cc2c(O)ccc3c2OC(=Cc2cn(S(=O)(=O)c4cccc(Cl)c4Cl)c4ccccc24)C3=O)CC1. The van der Waals surface area contributed by atoms with Crippen LogP contribution in [0, 0.1) is 0 Å². The van der Waals surface area contributed by atoms with Crippen molar-refractivity contribution in [1.29, 1.82) is 0 Å². The molecule has 0 radical (unpaired) electrons. The van der Waals surface area contributed by atoms with Crippen molar-refractivity contribution in [2.24, 2.45) is 0 Å². The molecule has 0 unspecified atom stereocenters. The molecule has 3 aromatic carbocycles. The molecule has 1 N–H and O–H groups in total. The largest absolute Gasteiger partial charge is 0.507 e. The van der Waals surface area contributed by atoms with Crippen molar-refractivity contribution < 1.29 is 32.6 Å². The van der Waals surface area contributed by atoms with Crippen LogP contribution < -0.4 is 4.74 Å². The normalized spacial score (nSPS) is 16.6. The Morgan fingerprint density at radius 1 is 1.02 bits per heavy atom. The highest BCUT2D eigenvalue weighted by atomic mass is 35.5. The number of hydrogen-bond donors (Lipinski definition) is 1. The maximum absolute atomic E-state index is 13.7. The van der Waals surface area contributed by atoms with Gasteiger partial charge in [0.25, 0.3) is 10.0 Å². The highest BCUT2D eigenvalue weighted by Crippen LogP contribution is 2.41. The molecule has 0 saturated carbocycles. The van der Waals surface area contributed by atoms with Gasteiger partial charge in [0.05, 0.1) is 26.7 Å². The number of benzene rings is 3. The first kappa shape index (κ1) is 31.9. The first-order chi connectivity index (χ1) is 21.7. The zero-order valence-corrected chi connectivity index (χ0v) is 27.6. The van der Waals surface area contributed by atoms with Crippen LogP contribution in [0.5, 0.6) is 11.5 Å². The molecule has 13 heteroatoms. The summed E-state index contributed by atoms with van der Waals surface area (Å²) in [6.07, 6.45) is 2.53. The van der Waals surface area contributed by atoms with E-state index in [4.69, 9.17) is 32.7 Å². The third-order valence-corrected chi connectivity index (χ3v) is 10.4. The van der Waals surface area contributed by atoms with Crippen LogP contribution in [0.1, 0.15) is 42.3 Å². The van der Waals surface area contributed by atoms with E-state index in [9.17, 15) is 23.1 Å². The molecule has 2 aliphatic rings. The van der Waals surface area contributed by atoms with Gasteiger partial charge in [0.2, 0.25) is 5.78 Å². The Labute approximate surface area is 276 Å². The average Bonchev–Trinajstić information content (AvgIpc) is 3.53. The van der Waals surface area contributed by atoms with Crippen LogP contribution >= 0.6 is 23.2 Å². The first-order valence-electron chi connectivity index (χ1n) is 14.5. The fourth-order valence-electron chi connectivity index (χ4n) is 5.51. The fourth-order valence-corrected chi connectivity index (χ4v) is 7.63. The molecule has 3 heterocycles. The summed E-state index contributed by atoms with van der Waals surface area (Å²) >= 11 is 12.4. The van der Waals surface area contributed by atoms with Crippen molar-refractivity contribution in [3.8, 4) is 11.5 Å². The second-order valence-corrected chi connectivity index (χ2v) is 14.6. The Balaban J connectivity index is 1.28. The number of hydrogen-bond acceptors (Lipinski definition) is 8. The second kappa shape index (κ2) is 12.0. The van der Waals surface area contributed by atoms with E-state index in [0.717, 1.165) is 3.97 Å². The smallest absolute Gasteiger partial charge is 0.410 e. The summed E-state index contributed by atoms with van der Waals surface area (Å²) in [5.41, 5.74) is 0.941. The lowest BCUT2D eigenvalue weighted by Crippen LogP contribution is -2.49. The molecule has 10 nitrogen and oxygen atoms in total. The topological polar surface area (TPSA) is 118 Å². The first-order valence-corrected chi connectivity index (χ1v) is 16.7. The van der Waals surface area contributed by atoms with Gasteiger partial charge in [0.15, 0.2) is 5.76 Å². The molecule has 240 valence electrons. The number of amides is 1. The minimum Gasteiger partial charge on any atom is -0.507 e. The van der Waals surface area contributed by atoms with Crippen molar-refractivity contribution in [1.82, 2.24) is 13.8 Å². The molecule has 46 heavy (non-hydrogen) atoms. The monoisotopic (exact) mass is 683 g/mol. The number of fused-ring (bicyclic) bond motifs is 2. The lowest BCUT2D eigenvalue weighted by Gasteiger charge is -2.35. The highest BCUT2D eigenvalue weighted by molar-refractivity contribution is 7.90. The van der Waals surface area contributed by atoms with Gasteiger partial charge in [-0.3, -0.25) is 9.69 Å². The van der Waals surface area contributed by atoms with Crippen LogP contribution in [0.15, 0.2) is 71.4 Å². The third kappa shape index (κ3) is 5.95. The number of ether oxygens (including phenoxy) is 2. The second-order valence-electron chi connectivity index (χ2n) is 12.1. The van der Waals surface area contributed by atoms with Crippen LogP contribution in [0.3, 0.4) is 0 Å².